The van der Waals surface area contributed by atoms with Crippen LogP contribution in [0.5, 0.6) is 0 Å². The molecule has 0 aliphatic carbocycles. The molecule has 0 atom stereocenters. The number of benzene rings is 3. The summed E-state index contributed by atoms with van der Waals surface area (Å²) in [5.41, 5.74) is 3.28. The monoisotopic (exact) mass is 348 g/mol. The second-order valence-corrected chi connectivity index (χ2v) is 6.09. The Morgan fingerprint density at radius 3 is 2.45 bits per heavy atom. The molecule has 4 rings (SSSR count). The van der Waals surface area contributed by atoms with Crippen molar-refractivity contribution in [2.24, 2.45) is 0 Å². The fraction of sp³-hybridized carbons (Fsp3) is 0. The molecule has 3 heteroatoms. The van der Waals surface area contributed by atoms with Crippen molar-refractivity contribution in [1.82, 2.24) is 9.97 Å². The van der Waals surface area contributed by atoms with Crippen LogP contribution >= 0.6 is 15.9 Å². The van der Waals surface area contributed by atoms with Gasteiger partial charge in [0.1, 0.15) is 5.82 Å². The smallest absolute Gasteiger partial charge is 0.138 e. The van der Waals surface area contributed by atoms with Crippen molar-refractivity contribution in [1.29, 1.82) is 0 Å². The van der Waals surface area contributed by atoms with Gasteiger partial charge in [-0.3, -0.25) is 0 Å². The summed E-state index contributed by atoms with van der Waals surface area (Å²) >= 11 is 3.46. The predicted octanol–water partition coefficient (Wildman–Crippen LogP) is 5.66. The molecule has 0 unspecified atom stereocenters. The Morgan fingerprint density at radius 2 is 1.59 bits per heavy atom. The maximum Gasteiger partial charge on any atom is 0.138 e. The van der Waals surface area contributed by atoms with E-state index in [1.54, 1.807) is 0 Å². The van der Waals surface area contributed by atoms with E-state index in [1.807, 2.05) is 18.3 Å². The van der Waals surface area contributed by atoms with Gasteiger partial charge in [-0.2, -0.15) is 0 Å². The zero-order valence-electron chi connectivity index (χ0n) is 11.8. The molecule has 3 aromatic carbocycles. The minimum absolute atomic E-state index is 0.898. The van der Waals surface area contributed by atoms with Crippen LogP contribution in [0.25, 0.3) is 33.4 Å². The lowest BCUT2D eigenvalue weighted by Gasteiger charge is -2.03. The minimum atomic E-state index is 0.898. The van der Waals surface area contributed by atoms with Crippen LogP contribution in [-0.4, -0.2) is 9.97 Å². The van der Waals surface area contributed by atoms with Gasteiger partial charge in [-0.1, -0.05) is 70.5 Å². The molecule has 0 spiro atoms. The van der Waals surface area contributed by atoms with Crippen molar-refractivity contribution < 1.29 is 0 Å². The van der Waals surface area contributed by atoms with E-state index in [1.165, 1.54) is 10.8 Å². The predicted molar refractivity (Wildman–Crippen MR) is 94.7 cm³/mol. The molecule has 1 heterocycles. The molecule has 1 N–H and O–H groups in total. The highest BCUT2D eigenvalue weighted by atomic mass is 79.9. The number of rotatable bonds is 2. The average molecular weight is 349 g/mol. The number of hydrogen-bond acceptors (Lipinski definition) is 1. The number of aromatic amines is 1. The lowest BCUT2D eigenvalue weighted by molar-refractivity contribution is 1.32. The highest BCUT2D eigenvalue weighted by molar-refractivity contribution is 9.10. The first-order valence-electron chi connectivity index (χ1n) is 7.10. The van der Waals surface area contributed by atoms with E-state index in [0.717, 1.165) is 27.1 Å². The number of H-pyrrole nitrogens is 1. The SMILES string of the molecule is Brc1ccc(-c2cnc(-c3cccc4ccccc34)[nH]2)cc1. The number of fused-ring (bicyclic) bond motifs is 1. The maximum atomic E-state index is 4.57. The van der Waals surface area contributed by atoms with E-state index in [0.29, 0.717) is 0 Å². The Bertz CT molecular complexity index is 934. The molecule has 106 valence electrons. The summed E-state index contributed by atoms with van der Waals surface area (Å²) in [5, 5.41) is 2.43. The Morgan fingerprint density at radius 1 is 0.818 bits per heavy atom. The Balaban J connectivity index is 1.82. The first-order chi connectivity index (χ1) is 10.8. The van der Waals surface area contributed by atoms with Crippen LogP contribution in [0.4, 0.5) is 0 Å². The summed E-state index contributed by atoms with van der Waals surface area (Å²) in [6.07, 6.45) is 1.89. The number of halogens is 1. The maximum absolute atomic E-state index is 4.57. The fourth-order valence-corrected chi connectivity index (χ4v) is 2.93. The van der Waals surface area contributed by atoms with E-state index in [-0.39, 0.29) is 0 Å². The Kier molecular flexibility index (Phi) is 3.28. The van der Waals surface area contributed by atoms with Crippen molar-refractivity contribution in [2.75, 3.05) is 0 Å². The second kappa shape index (κ2) is 5.43. The van der Waals surface area contributed by atoms with Gasteiger partial charge >= 0.3 is 0 Å². The third kappa shape index (κ3) is 2.34. The number of aromatic nitrogens is 2. The average Bonchev–Trinajstić information content (AvgIpc) is 3.05. The molecular weight excluding hydrogens is 336 g/mol. The van der Waals surface area contributed by atoms with Crippen LogP contribution in [0.15, 0.2) is 77.4 Å². The summed E-state index contributed by atoms with van der Waals surface area (Å²) < 4.78 is 1.07. The van der Waals surface area contributed by atoms with Crippen molar-refractivity contribution in [3.63, 3.8) is 0 Å². The van der Waals surface area contributed by atoms with E-state index >= 15 is 0 Å². The molecule has 0 aliphatic heterocycles. The molecule has 4 aromatic rings. The third-order valence-corrected chi connectivity index (χ3v) is 4.30. The van der Waals surface area contributed by atoms with Crippen molar-refractivity contribution in [3.05, 3.63) is 77.4 Å². The quantitative estimate of drug-likeness (QED) is 0.497. The van der Waals surface area contributed by atoms with Gasteiger partial charge in [0.2, 0.25) is 0 Å². The standard InChI is InChI=1S/C19H13BrN2/c20-15-10-8-14(9-11-15)18-12-21-19(22-18)17-7-3-5-13-4-1-2-6-16(13)17/h1-12H,(H,21,22). The number of imidazole rings is 1. The molecule has 2 nitrogen and oxygen atoms in total. The zero-order valence-corrected chi connectivity index (χ0v) is 13.3. The fourth-order valence-electron chi connectivity index (χ4n) is 2.67. The van der Waals surface area contributed by atoms with Crippen LogP contribution < -0.4 is 0 Å². The topological polar surface area (TPSA) is 28.7 Å². The van der Waals surface area contributed by atoms with Crippen LogP contribution in [0.3, 0.4) is 0 Å². The molecule has 0 bridgehead atoms. The summed E-state index contributed by atoms with van der Waals surface area (Å²) in [5.74, 6) is 0.898. The molecule has 0 fully saturated rings. The summed E-state index contributed by atoms with van der Waals surface area (Å²) in [7, 11) is 0. The van der Waals surface area contributed by atoms with Crippen molar-refractivity contribution >= 4 is 26.7 Å². The molecule has 22 heavy (non-hydrogen) atoms. The molecule has 1 aromatic heterocycles. The molecule has 0 radical (unpaired) electrons. The number of hydrogen-bond donors (Lipinski definition) is 1. The highest BCUT2D eigenvalue weighted by Crippen LogP contribution is 2.28. The van der Waals surface area contributed by atoms with E-state index in [9.17, 15) is 0 Å². The van der Waals surface area contributed by atoms with Gasteiger partial charge in [-0.05, 0) is 28.5 Å². The van der Waals surface area contributed by atoms with Crippen LogP contribution in [0, 0.1) is 0 Å². The summed E-state index contributed by atoms with van der Waals surface area (Å²) in [4.78, 5) is 8.00. The van der Waals surface area contributed by atoms with E-state index in [2.05, 4.69) is 80.5 Å². The van der Waals surface area contributed by atoms with Crippen LogP contribution in [0.2, 0.25) is 0 Å². The second-order valence-electron chi connectivity index (χ2n) is 5.18. The van der Waals surface area contributed by atoms with Gasteiger partial charge < -0.3 is 4.98 Å². The minimum Gasteiger partial charge on any atom is -0.338 e. The van der Waals surface area contributed by atoms with Crippen LogP contribution in [0.1, 0.15) is 0 Å². The highest BCUT2D eigenvalue weighted by Gasteiger charge is 2.08. The summed E-state index contributed by atoms with van der Waals surface area (Å²) in [6.45, 7) is 0. The largest absolute Gasteiger partial charge is 0.338 e. The molecule has 0 saturated carbocycles. The molecule has 0 aliphatic rings. The van der Waals surface area contributed by atoms with Gasteiger partial charge in [0, 0.05) is 10.0 Å². The van der Waals surface area contributed by atoms with Crippen molar-refractivity contribution in [3.8, 4) is 22.6 Å². The first-order valence-corrected chi connectivity index (χ1v) is 7.90. The van der Waals surface area contributed by atoms with Gasteiger partial charge in [-0.15, -0.1) is 0 Å². The third-order valence-electron chi connectivity index (χ3n) is 3.78. The van der Waals surface area contributed by atoms with E-state index < -0.39 is 0 Å². The Hall–Kier alpha value is -2.39. The lowest BCUT2D eigenvalue weighted by atomic mass is 10.0. The lowest BCUT2D eigenvalue weighted by Crippen LogP contribution is -1.83. The first kappa shape index (κ1) is 13.3. The van der Waals surface area contributed by atoms with Gasteiger partial charge in [0.25, 0.3) is 0 Å². The van der Waals surface area contributed by atoms with E-state index in [4.69, 9.17) is 0 Å². The van der Waals surface area contributed by atoms with Gasteiger partial charge in [0.15, 0.2) is 0 Å². The van der Waals surface area contributed by atoms with Crippen LogP contribution in [-0.2, 0) is 0 Å². The zero-order chi connectivity index (χ0) is 14.9. The molecular formula is C19H13BrN2. The molecule has 0 saturated heterocycles. The molecule has 0 amide bonds. The normalized spacial score (nSPS) is 11.0. The number of nitrogens with zero attached hydrogens (tertiary/aromatic N) is 1. The Labute approximate surface area is 137 Å². The van der Waals surface area contributed by atoms with Gasteiger partial charge in [0.05, 0.1) is 11.9 Å². The number of nitrogens with one attached hydrogen (secondary N) is 1. The van der Waals surface area contributed by atoms with Crippen molar-refractivity contribution in [2.45, 2.75) is 0 Å². The van der Waals surface area contributed by atoms with Gasteiger partial charge in [-0.25, -0.2) is 4.98 Å². The summed E-state index contributed by atoms with van der Waals surface area (Å²) in [6, 6.07) is 22.9.